The van der Waals surface area contributed by atoms with E-state index in [0.29, 0.717) is 0 Å². The van der Waals surface area contributed by atoms with Gasteiger partial charge in [-0.15, -0.1) is 0 Å². The minimum atomic E-state index is 0.248. The Morgan fingerprint density at radius 2 is 2.15 bits per heavy atom. The average Bonchev–Trinajstić information content (AvgIpc) is 2.72. The summed E-state index contributed by atoms with van der Waals surface area (Å²) < 4.78 is 0. The Labute approximate surface area is 121 Å². The molecule has 0 unspecified atom stereocenters. The quantitative estimate of drug-likeness (QED) is 0.824. The monoisotopic (exact) mass is 278 g/mol. The first kappa shape index (κ1) is 15.1. The summed E-state index contributed by atoms with van der Waals surface area (Å²) in [5.41, 5.74) is 2.29. The first-order valence-corrected chi connectivity index (χ1v) is 7.60. The second-order valence-corrected chi connectivity index (χ2v) is 5.26. The molecule has 1 aromatic rings. The van der Waals surface area contributed by atoms with Crippen LogP contribution in [0.4, 0.5) is 11.4 Å². The highest BCUT2D eigenvalue weighted by molar-refractivity contribution is 5.55. The molecule has 0 radical (unpaired) electrons. The molecule has 0 aliphatic carbocycles. The fraction of sp³-hybridized carbons (Fsp3) is 0.667. The molecule has 0 aromatic carbocycles. The summed E-state index contributed by atoms with van der Waals surface area (Å²) in [7, 11) is 0. The third kappa shape index (κ3) is 4.35. The van der Waals surface area contributed by atoms with E-state index in [1.807, 2.05) is 12.4 Å². The Morgan fingerprint density at radius 3 is 2.95 bits per heavy atom. The summed E-state index contributed by atoms with van der Waals surface area (Å²) in [6.45, 7) is 8.30. The van der Waals surface area contributed by atoms with Gasteiger partial charge in [0.15, 0.2) is 0 Å². The number of anilines is 2. The van der Waals surface area contributed by atoms with Crippen molar-refractivity contribution in [3.05, 3.63) is 18.5 Å². The van der Waals surface area contributed by atoms with E-state index in [1.165, 1.54) is 5.69 Å². The summed E-state index contributed by atoms with van der Waals surface area (Å²) in [6, 6.07) is 2.18. The molecule has 2 rings (SSSR count). The molecule has 0 atom stereocenters. The number of nitrogens with zero attached hydrogens (tertiary/aromatic N) is 3. The molecular formula is C15H26N4O. The molecule has 0 bridgehead atoms. The molecular weight excluding hydrogens is 252 g/mol. The molecule has 1 saturated heterocycles. The molecule has 2 N–H and O–H groups in total. The molecule has 5 heteroatoms. The van der Waals surface area contributed by atoms with Crippen molar-refractivity contribution in [1.82, 2.24) is 9.88 Å². The number of aliphatic hydroxyl groups is 1. The van der Waals surface area contributed by atoms with Crippen molar-refractivity contribution in [1.29, 1.82) is 0 Å². The van der Waals surface area contributed by atoms with Crippen LogP contribution < -0.4 is 10.2 Å². The molecule has 0 saturated carbocycles. The maximum Gasteiger partial charge on any atom is 0.0573 e. The molecule has 1 aliphatic rings. The van der Waals surface area contributed by atoms with Crippen LogP contribution in [-0.4, -0.2) is 60.9 Å². The molecule has 0 spiro atoms. The van der Waals surface area contributed by atoms with Gasteiger partial charge >= 0.3 is 0 Å². The third-order valence-corrected chi connectivity index (χ3v) is 3.67. The van der Waals surface area contributed by atoms with Gasteiger partial charge in [-0.2, -0.15) is 0 Å². The summed E-state index contributed by atoms with van der Waals surface area (Å²) in [4.78, 5) is 9.06. The molecule has 0 amide bonds. The van der Waals surface area contributed by atoms with Gasteiger partial charge in [0, 0.05) is 32.7 Å². The second-order valence-electron chi connectivity index (χ2n) is 5.26. The van der Waals surface area contributed by atoms with Crippen molar-refractivity contribution in [2.75, 3.05) is 56.1 Å². The van der Waals surface area contributed by atoms with Gasteiger partial charge in [0.1, 0.15) is 0 Å². The van der Waals surface area contributed by atoms with E-state index in [0.717, 1.165) is 57.8 Å². The van der Waals surface area contributed by atoms with Crippen molar-refractivity contribution >= 4 is 11.4 Å². The molecule has 2 heterocycles. The van der Waals surface area contributed by atoms with Crippen LogP contribution in [0, 0.1) is 0 Å². The summed E-state index contributed by atoms with van der Waals surface area (Å²) in [5, 5.41) is 12.4. The van der Waals surface area contributed by atoms with Gasteiger partial charge in [0.2, 0.25) is 0 Å². The van der Waals surface area contributed by atoms with Crippen LogP contribution in [0.3, 0.4) is 0 Å². The number of nitrogens with one attached hydrogen (secondary N) is 1. The number of pyridine rings is 1. The summed E-state index contributed by atoms with van der Waals surface area (Å²) >= 11 is 0. The zero-order valence-electron chi connectivity index (χ0n) is 12.4. The lowest BCUT2D eigenvalue weighted by atomic mass is 10.3. The largest absolute Gasteiger partial charge is 0.395 e. The Morgan fingerprint density at radius 1 is 1.25 bits per heavy atom. The summed E-state index contributed by atoms with van der Waals surface area (Å²) in [6.07, 6.45) is 6.07. The van der Waals surface area contributed by atoms with Gasteiger partial charge in [-0.25, -0.2) is 0 Å². The zero-order valence-corrected chi connectivity index (χ0v) is 12.4. The van der Waals surface area contributed by atoms with E-state index in [2.05, 4.69) is 33.1 Å². The van der Waals surface area contributed by atoms with E-state index < -0.39 is 0 Å². The molecule has 1 aromatic heterocycles. The zero-order chi connectivity index (χ0) is 14.2. The highest BCUT2D eigenvalue weighted by atomic mass is 16.3. The van der Waals surface area contributed by atoms with Crippen LogP contribution in [0.1, 0.15) is 19.8 Å². The van der Waals surface area contributed by atoms with E-state index in [-0.39, 0.29) is 6.61 Å². The number of aromatic nitrogens is 1. The van der Waals surface area contributed by atoms with Gasteiger partial charge < -0.3 is 15.3 Å². The number of hydrogen-bond acceptors (Lipinski definition) is 5. The number of β-amino-alcohol motifs (C(OH)–C–C–N with tert-alkyl or cyclic N) is 1. The topological polar surface area (TPSA) is 51.6 Å². The van der Waals surface area contributed by atoms with E-state index in [9.17, 15) is 0 Å². The van der Waals surface area contributed by atoms with Gasteiger partial charge in [-0.3, -0.25) is 9.88 Å². The van der Waals surface area contributed by atoms with Crippen LogP contribution >= 0.6 is 0 Å². The minimum absolute atomic E-state index is 0.248. The van der Waals surface area contributed by atoms with Crippen molar-refractivity contribution in [2.45, 2.75) is 19.8 Å². The van der Waals surface area contributed by atoms with Crippen molar-refractivity contribution < 1.29 is 5.11 Å². The van der Waals surface area contributed by atoms with Gasteiger partial charge in [0.25, 0.3) is 0 Å². The lowest BCUT2D eigenvalue weighted by Crippen LogP contribution is -2.32. The van der Waals surface area contributed by atoms with Crippen molar-refractivity contribution in [3.8, 4) is 0 Å². The third-order valence-electron chi connectivity index (χ3n) is 3.67. The highest BCUT2D eigenvalue weighted by Gasteiger charge is 2.15. The van der Waals surface area contributed by atoms with Crippen molar-refractivity contribution in [2.24, 2.45) is 0 Å². The lowest BCUT2D eigenvalue weighted by Gasteiger charge is -2.23. The smallest absolute Gasteiger partial charge is 0.0573 e. The maximum atomic E-state index is 9.04. The van der Waals surface area contributed by atoms with Crippen LogP contribution in [0.5, 0.6) is 0 Å². The first-order valence-electron chi connectivity index (χ1n) is 7.60. The molecule has 1 aliphatic heterocycles. The number of rotatable bonds is 6. The normalized spacial score (nSPS) is 17.0. The average molecular weight is 278 g/mol. The minimum Gasteiger partial charge on any atom is -0.395 e. The van der Waals surface area contributed by atoms with Gasteiger partial charge in [0.05, 0.1) is 30.4 Å². The maximum absolute atomic E-state index is 9.04. The Hall–Kier alpha value is -1.33. The predicted octanol–water partition coefficient (Wildman–Crippen LogP) is 1.41. The predicted molar refractivity (Wildman–Crippen MR) is 83.4 cm³/mol. The van der Waals surface area contributed by atoms with Crippen LogP contribution in [0.2, 0.25) is 0 Å². The number of aliphatic hydroxyl groups excluding tert-OH is 1. The van der Waals surface area contributed by atoms with Crippen LogP contribution in [0.15, 0.2) is 18.5 Å². The number of hydrogen-bond donors (Lipinski definition) is 2. The molecule has 5 nitrogen and oxygen atoms in total. The fourth-order valence-electron chi connectivity index (χ4n) is 2.56. The van der Waals surface area contributed by atoms with E-state index in [4.69, 9.17) is 5.11 Å². The van der Waals surface area contributed by atoms with Gasteiger partial charge in [-0.05, 0) is 25.5 Å². The van der Waals surface area contributed by atoms with E-state index >= 15 is 0 Å². The summed E-state index contributed by atoms with van der Waals surface area (Å²) in [5.74, 6) is 0. The Bertz CT molecular complexity index is 399. The van der Waals surface area contributed by atoms with Crippen LogP contribution in [0.25, 0.3) is 0 Å². The second kappa shape index (κ2) is 8.07. The Kier molecular flexibility index (Phi) is 6.08. The lowest BCUT2D eigenvalue weighted by molar-refractivity contribution is 0.204. The Balaban J connectivity index is 1.96. The SMILES string of the molecule is CCCNc1cncc(N2CCCN(CCO)CC2)c1. The fourth-order valence-corrected chi connectivity index (χ4v) is 2.56. The first-order chi connectivity index (χ1) is 9.83. The highest BCUT2D eigenvalue weighted by Crippen LogP contribution is 2.19. The molecule has 112 valence electrons. The molecule has 20 heavy (non-hydrogen) atoms. The molecule has 1 fully saturated rings. The van der Waals surface area contributed by atoms with Crippen molar-refractivity contribution in [3.63, 3.8) is 0 Å². The van der Waals surface area contributed by atoms with E-state index in [1.54, 1.807) is 0 Å². The van der Waals surface area contributed by atoms with Gasteiger partial charge in [-0.1, -0.05) is 6.92 Å². The standard InChI is InChI=1S/C15H26N4O/c1-2-4-17-14-11-15(13-16-12-14)19-6-3-5-18(7-8-19)9-10-20/h11-13,17,20H,2-10H2,1H3. The van der Waals surface area contributed by atoms with Crippen LogP contribution in [-0.2, 0) is 0 Å².